The van der Waals surface area contributed by atoms with E-state index in [0.29, 0.717) is 13.1 Å². The smallest absolute Gasteiger partial charge is 0.356 e. The van der Waals surface area contributed by atoms with Gasteiger partial charge in [0.05, 0.1) is 6.33 Å². The lowest BCUT2D eigenvalue weighted by Crippen LogP contribution is -2.48. The van der Waals surface area contributed by atoms with Gasteiger partial charge in [-0.1, -0.05) is 0 Å². The van der Waals surface area contributed by atoms with Crippen LogP contribution in [0.2, 0.25) is 0 Å². The van der Waals surface area contributed by atoms with Gasteiger partial charge in [-0.25, -0.2) is 14.6 Å². The van der Waals surface area contributed by atoms with Crippen molar-refractivity contribution < 1.29 is 14.7 Å². The molecular formula is C13H20N4O3. The Labute approximate surface area is 117 Å². The molecule has 1 saturated heterocycles. The maximum atomic E-state index is 12.1. The summed E-state index contributed by atoms with van der Waals surface area (Å²) in [6.07, 6.45) is 4.96. The molecule has 7 heteroatoms. The van der Waals surface area contributed by atoms with Gasteiger partial charge in [0.2, 0.25) is 0 Å². The third-order valence-corrected chi connectivity index (χ3v) is 3.64. The van der Waals surface area contributed by atoms with E-state index in [4.69, 9.17) is 5.11 Å². The van der Waals surface area contributed by atoms with Crippen molar-refractivity contribution in [1.82, 2.24) is 19.8 Å². The number of amides is 2. The maximum Gasteiger partial charge on any atom is 0.356 e. The highest BCUT2D eigenvalue weighted by atomic mass is 16.4. The second kappa shape index (κ2) is 5.52. The Kier molecular flexibility index (Phi) is 3.96. The number of aromatic nitrogens is 2. The Morgan fingerprint density at radius 2 is 2.25 bits per heavy atom. The van der Waals surface area contributed by atoms with E-state index in [9.17, 15) is 9.59 Å². The second-order valence-electron chi connectivity index (χ2n) is 5.60. The molecule has 20 heavy (non-hydrogen) atoms. The number of carboxylic acids is 1. The first-order chi connectivity index (χ1) is 9.40. The van der Waals surface area contributed by atoms with Crippen molar-refractivity contribution in [3.63, 3.8) is 0 Å². The first kappa shape index (κ1) is 14.4. The highest BCUT2D eigenvalue weighted by Crippen LogP contribution is 2.27. The minimum atomic E-state index is -1.05. The first-order valence-corrected chi connectivity index (χ1v) is 6.71. The van der Waals surface area contributed by atoms with Crippen molar-refractivity contribution in [2.45, 2.75) is 38.8 Å². The number of aromatic carboxylic acids is 1. The van der Waals surface area contributed by atoms with E-state index >= 15 is 0 Å². The summed E-state index contributed by atoms with van der Waals surface area (Å²) in [5, 5.41) is 11.6. The molecule has 1 aliphatic rings. The van der Waals surface area contributed by atoms with Crippen LogP contribution in [0.5, 0.6) is 0 Å². The Morgan fingerprint density at radius 3 is 2.80 bits per heavy atom. The Morgan fingerprint density at radius 1 is 1.50 bits per heavy atom. The monoisotopic (exact) mass is 280 g/mol. The fourth-order valence-corrected chi connectivity index (χ4v) is 2.46. The lowest BCUT2D eigenvalue weighted by atomic mass is 10.0. The van der Waals surface area contributed by atoms with Crippen LogP contribution in [0.1, 0.15) is 37.2 Å². The predicted octanol–water partition coefficient (Wildman–Crippen LogP) is 1.17. The van der Waals surface area contributed by atoms with Crippen LogP contribution in [0, 0.1) is 0 Å². The van der Waals surface area contributed by atoms with Crippen LogP contribution >= 0.6 is 0 Å². The van der Waals surface area contributed by atoms with Crippen LogP contribution in [0.3, 0.4) is 0 Å². The minimum absolute atomic E-state index is 0.0111. The number of nitrogens with zero attached hydrogens (tertiary/aromatic N) is 3. The molecule has 2 heterocycles. The summed E-state index contributed by atoms with van der Waals surface area (Å²) < 4.78 is 1.65. The van der Waals surface area contributed by atoms with Crippen molar-refractivity contribution in [2.24, 2.45) is 0 Å². The highest BCUT2D eigenvalue weighted by molar-refractivity contribution is 5.84. The quantitative estimate of drug-likeness (QED) is 0.866. The summed E-state index contributed by atoms with van der Waals surface area (Å²) in [5.41, 5.74) is -0.0766. The molecule has 7 nitrogen and oxygen atoms in total. The zero-order valence-corrected chi connectivity index (χ0v) is 11.8. The summed E-state index contributed by atoms with van der Waals surface area (Å²) in [6, 6.07) is -0.0638. The van der Waals surface area contributed by atoms with Gasteiger partial charge in [-0.05, 0) is 26.7 Å². The van der Waals surface area contributed by atoms with E-state index in [-0.39, 0.29) is 17.3 Å². The molecule has 110 valence electrons. The van der Waals surface area contributed by atoms with E-state index in [0.717, 1.165) is 19.4 Å². The van der Waals surface area contributed by atoms with Gasteiger partial charge in [-0.3, -0.25) is 0 Å². The van der Waals surface area contributed by atoms with Gasteiger partial charge < -0.3 is 19.9 Å². The predicted molar refractivity (Wildman–Crippen MR) is 72.6 cm³/mol. The second-order valence-corrected chi connectivity index (χ2v) is 5.60. The summed E-state index contributed by atoms with van der Waals surface area (Å²) >= 11 is 0. The molecule has 0 aromatic carbocycles. The van der Waals surface area contributed by atoms with Crippen molar-refractivity contribution in [3.05, 3.63) is 18.2 Å². The van der Waals surface area contributed by atoms with Crippen molar-refractivity contribution >= 4 is 12.0 Å². The average molecular weight is 280 g/mol. The van der Waals surface area contributed by atoms with E-state index in [1.54, 1.807) is 4.57 Å². The SMILES string of the molecule is CC1(C)CCCN1C(=O)NCCn1cnc(C(=O)O)c1. The topological polar surface area (TPSA) is 87.5 Å². The molecule has 0 aliphatic carbocycles. The molecule has 2 rings (SSSR count). The number of carbonyl (C=O) groups is 2. The van der Waals surface area contributed by atoms with Gasteiger partial charge in [0, 0.05) is 31.4 Å². The van der Waals surface area contributed by atoms with Gasteiger partial charge in [0.1, 0.15) is 0 Å². The summed E-state index contributed by atoms with van der Waals surface area (Å²) in [4.78, 5) is 28.4. The van der Waals surface area contributed by atoms with Crippen LogP contribution in [0.25, 0.3) is 0 Å². The lowest BCUT2D eigenvalue weighted by Gasteiger charge is -2.31. The summed E-state index contributed by atoms with van der Waals surface area (Å²) in [6.45, 7) is 5.86. The van der Waals surface area contributed by atoms with Crippen molar-refractivity contribution in [3.8, 4) is 0 Å². The highest BCUT2D eigenvalue weighted by Gasteiger charge is 2.35. The average Bonchev–Trinajstić information content (AvgIpc) is 2.95. The molecule has 2 amide bonds. The number of carbonyl (C=O) groups excluding carboxylic acids is 1. The van der Waals surface area contributed by atoms with Crippen molar-refractivity contribution in [2.75, 3.05) is 13.1 Å². The molecule has 2 N–H and O–H groups in total. The Hall–Kier alpha value is -2.05. The van der Waals surface area contributed by atoms with Gasteiger partial charge in [-0.15, -0.1) is 0 Å². The third-order valence-electron chi connectivity index (χ3n) is 3.64. The fraction of sp³-hybridized carbons (Fsp3) is 0.615. The van der Waals surface area contributed by atoms with E-state index in [2.05, 4.69) is 24.1 Å². The summed E-state index contributed by atoms with van der Waals surface area (Å²) in [5.74, 6) is -1.05. The number of urea groups is 1. The fourth-order valence-electron chi connectivity index (χ4n) is 2.46. The van der Waals surface area contributed by atoms with E-state index in [1.165, 1.54) is 12.5 Å². The minimum Gasteiger partial charge on any atom is -0.476 e. The normalized spacial score (nSPS) is 17.2. The Bertz CT molecular complexity index is 509. The van der Waals surface area contributed by atoms with Crippen LogP contribution in [-0.4, -0.2) is 50.2 Å². The van der Waals surface area contributed by atoms with E-state index < -0.39 is 5.97 Å². The van der Waals surface area contributed by atoms with E-state index in [1.807, 2.05) is 4.90 Å². The summed E-state index contributed by atoms with van der Waals surface area (Å²) in [7, 11) is 0. The van der Waals surface area contributed by atoms with Crippen molar-refractivity contribution in [1.29, 1.82) is 0 Å². The molecule has 0 bridgehead atoms. The number of hydrogen-bond donors (Lipinski definition) is 2. The largest absolute Gasteiger partial charge is 0.476 e. The molecule has 1 aromatic rings. The first-order valence-electron chi connectivity index (χ1n) is 6.71. The maximum absolute atomic E-state index is 12.1. The molecule has 0 atom stereocenters. The molecular weight excluding hydrogens is 260 g/mol. The van der Waals surface area contributed by atoms with Crippen LogP contribution in [0.15, 0.2) is 12.5 Å². The molecule has 0 radical (unpaired) electrons. The van der Waals surface area contributed by atoms with Gasteiger partial charge in [0.25, 0.3) is 0 Å². The van der Waals surface area contributed by atoms with Gasteiger partial charge >= 0.3 is 12.0 Å². The van der Waals surface area contributed by atoms with Gasteiger partial charge in [-0.2, -0.15) is 0 Å². The number of hydrogen-bond acceptors (Lipinski definition) is 3. The molecule has 0 saturated carbocycles. The molecule has 1 aliphatic heterocycles. The van der Waals surface area contributed by atoms with Crippen LogP contribution in [-0.2, 0) is 6.54 Å². The third kappa shape index (κ3) is 3.09. The molecule has 1 aromatic heterocycles. The number of carboxylic acid groups (broad SMARTS) is 1. The number of likely N-dealkylation sites (tertiary alicyclic amines) is 1. The lowest BCUT2D eigenvalue weighted by molar-refractivity contribution is 0.0691. The van der Waals surface area contributed by atoms with Gasteiger partial charge in [0.15, 0.2) is 5.69 Å². The number of nitrogens with one attached hydrogen (secondary N) is 1. The zero-order valence-electron chi connectivity index (χ0n) is 11.8. The zero-order chi connectivity index (χ0) is 14.8. The molecule has 0 unspecified atom stereocenters. The number of rotatable bonds is 4. The van der Waals surface area contributed by atoms with Crippen LogP contribution in [0.4, 0.5) is 4.79 Å². The Balaban J connectivity index is 1.80. The molecule has 0 spiro atoms. The number of imidazole rings is 1. The standard InChI is InChI=1S/C13H20N4O3/c1-13(2)4-3-6-17(13)12(20)14-5-7-16-8-10(11(18)19)15-9-16/h8-9H,3-7H2,1-2H3,(H,14,20)(H,18,19). The van der Waals surface area contributed by atoms with Crippen LogP contribution < -0.4 is 5.32 Å². The molecule has 1 fully saturated rings.